The van der Waals surface area contributed by atoms with Gasteiger partial charge >= 0.3 is 0 Å². The highest BCUT2D eigenvalue weighted by molar-refractivity contribution is 5.92. The summed E-state index contributed by atoms with van der Waals surface area (Å²) in [5.74, 6) is 0.490. The standard InChI is InChI=1S/C12H20N4O/c1-8-6-11(15(3)14-8)12(17)16-5-4-10(7-16)9(2)13/h6,9-10H,4-5,7,13H2,1-3H3. The van der Waals surface area contributed by atoms with Crippen LogP contribution in [-0.2, 0) is 7.05 Å². The lowest BCUT2D eigenvalue weighted by Crippen LogP contribution is -2.33. The quantitative estimate of drug-likeness (QED) is 0.815. The molecule has 5 nitrogen and oxygen atoms in total. The largest absolute Gasteiger partial charge is 0.337 e. The molecule has 1 aromatic rings. The Balaban J connectivity index is 2.09. The number of nitrogens with two attached hydrogens (primary N) is 1. The second kappa shape index (κ2) is 4.49. The van der Waals surface area contributed by atoms with Crippen LogP contribution in [0.5, 0.6) is 0 Å². The molecule has 5 heteroatoms. The van der Waals surface area contributed by atoms with Crippen molar-refractivity contribution >= 4 is 5.91 Å². The molecule has 1 saturated heterocycles. The molecule has 2 N–H and O–H groups in total. The van der Waals surface area contributed by atoms with Gasteiger partial charge < -0.3 is 10.6 Å². The van der Waals surface area contributed by atoms with E-state index in [9.17, 15) is 4.79 Å². The van der Waals surface area contributed by atoms with Gasteiger partial charge in [-0.1, -0.05) is 0 Å². The van der Waals surface area contributed by atoms with E-state index in [1.165, 1.54) is 0 Å². The van der Waals surface area contributed by atoms with E-state index in [2.05, 4.69) is 5.10 Å². The van der Waals surface area contributed by atoms with Crippen LogP contribution in [0.25, 0.3) is 0 Å². The van der Waals surface area contributed by atoms with Gasteiger partial charge in [-0.25, -0.2) is 0 Å². The Morgan fingerprint density at radius 1 is 1.65 bits per heavy atom. The summed E-state index contributed by atoms with van der Waals surface area (Å²) < 4.78 is 1.65. The van der Waals surface area contributed by atoms with E-state index in [0.29, 0.717) is 11.6 Å². The highest BCUT2D eigenvalue weighted by atomic mass is 16.2. The molecule has 94 valence electrons. The number of nitrogens with zero attached hydrogens (tertiary/aromatic N) is 3. The van der Waals surface area contributed by atoms with Gasteiger partial charge in [0.25, 0.3) is 5.91 Å². The number of carbonyl (C=O) groups excluding carboxylic acids is 1. The number of amides is 1. The van der Waals surface area contributed by atoms with E-state index >= 15 is 0 Å². The number of aromatic nitrogens is 2. The van der Waals surface area contributed by atoms with Crippen LogP contribution in [-0.4, -0.2) is 39.7 Å². The number of aryl methyl sites for hydroxylation is 2. The Hall–Kier alpha value is -1.36. The molecule has 1 aliphatic rings. The van der Waals surface area contributed by atoms with Crippen LogP contribution >= 0.6 is 0 Å². The maximum absolute atomic E-state index is 12.3. The molecule has 17 heavy (non-hydrogen) atoms. The minimum atomic E-state index is 0.0660. The van der Waals surface area contributed by atoms with Crippen LogP contribution in [0, 0.1) is 12.8 Å². The summed E-state index contributed by atoms with van der Waals surface area (Å²) in [6.07, 6.45) is 1.00. The van der Waals surface area contributed by atoms with Crippen LogP contribution in [0.1, 0.15) is 29.5 Å². The Morgan fingerprint density at radius 3 is 2.82 bits per heavy atom. The molecule has 1 fully saturated rings. The number of likely N-dealkylation sites (tertiary alicyclic amines) is 1. The van der Waals surface area contributed by atoms with E-state index in [1.54, 1.807) is 11.7 Å². The second-order valence-corrected chi connectivity index (χ2v) is 4.95. The SMILES string of the molecule is Cc1cc(C(=O)N2CCC(C(C)N)C2)n(C)n1. The molecule has 2 rings (SSSR count). The average Bonchev–Trinajstić information content (AvgIpc) is 2.84. The molecular formula is C12H20N4O. The van der Waals surface area contributed by atoms with Crippen LogP contribution in [0.3, 0.4) is 0 Å². The van der Waals surface area contributed by atoms with Crippen LogP contribution in [0.2, 0.25) is 0 Å². The maximum atomic E-state index is 12.3. The van der Waals surface area contributed by atoms with Gasteiger partial charge in [0.15, 0.2) is 0 Å². The molecule has 0 bridgehead atoms. The second-order valence-electron chi connectivity index (χ2n) is 4.95. The first-order valence-corrected chi connectivity index (χ1v) is 6.04. The van der Waals surface area contributed by atoms with Crippen LogP contribution in [0.15, 0.2) is 6.07 Å². The summed E-state index contributed by atoms with van der Waals surface area (Å²) in [4.78, 5) is 14.2. The first-order valence-electron chi connectivity index (χ1n) is 6.04. The van der Waals surface area contributed by atoms with E-state index < -0.39 is 0 Å². The van der Waals surface area contributed by atoms with Crippen molar-refractivity contribution in [3.63, 3.8) is 0 Å². The third-order valence-corrected chi connectivity index (χ3v) is 3.48. The van der Waals surface area contributed by atoms with Crippen molar-refractivity contribution in [1.29, 1.82) is 0 Å². The average molecular weight is 236 g/mol. The van der Waals surface area contributed by atoms with Crippen molar-refractivity contribution in [2.75, 3.05) is 13.1 Å². The minimum Gasteiger partial charge on any atom is -0.337 e. The summed E-state index contributed by atoms with van der Waals surface area (Å²) in [5, 5.41) is 4.20. The summed E-state index contributed by atoms with van der Waals surface area (Å²) in [6, 6.07) is 1.99. The Morgan fingerprint density at radius 2 is 2.35 bits per heavy atom. The van der Waals surface area contributed by atoms with Crippen molar-refractivity contribution in [2.24, 2.45) is 18.7 Å². The highest BCUT2D eigenvalue weighted by Crippen LogP contribution is 2.20. The molecule has 1 aliphatic heterocycles. The molecule has 0 aliphatic carbocycles. The summed E-state index contributed by atoms with van der Waals surface area (Å²) in [6.45, 7) is 5.47. The van der Waals surface area contributed by atoms with Gasteiger partial charge in [-0.2, -0.15) is 5.10 Å². The molecule has 2 atom stereocenters. The maximum Gasteiger partial charge on any atom is 0.272 e. The van der Waals surface area contributed by atoms with Gasteiger partial charge in [-0.3, -0.25) is 9.48 Å². The first-order chi connectivity index (χ1) is 7.99. The fourth-order valence-corrected chi connectivity index (χ4v) is 2.37. The Labute approximate surface area is 102 Å². The van der Waals surface area contributed by atoms with Gasteiger partial charge in [0.1, 0.15) is 5.69 Å². The van der Waals surface area contributed by atoms with Gasteiger partial charge in [0.2, 0.25) is 0 Å². The minimum absolute atomic E-state index is 0.0660. The summed E-state index contributed by atoms with van der Waals surface area (Å²) in [5.41, 5.74) is 7.41. The van der Waals surface area contributed by atoms with Crippen molar-refractivity contribution in [1.82, 2.24) is 14.7 Å². The zero-order valence-electron chi connectivity index (χ0n) is 10.7. The molecule has 0 spiro atoms. The molecule has 1 aromatic heterocycles. The Kier molecular flexibility index (Phi) is 3.19. The van der Waals surface area contributed by atoms with Gasteiger partial charge in [0, 0.05) is 26.2 Å². The third kappa shape index (κ3) is 2.34. The summed E-state index contributed by atoms with van der Waals surface area (Å²) in [7, 11) is 1.80. The van der Waals surface area contributed by atoms with Gasteiger partial charge in [-0.15, -0.1) is 0 Å². The number of hydrogen-bond donors (Lipinski definition) is 1. The van der Waals surface area contributed by atoms with E-state index in [-0.39, 0.29) is 11.9 Å². The van der Waals surface area contributed by atoms with Gasteiger partial charge in [0.05, 0.1) is 5.69 Å². The van der Waals surface area contributed by atoms with Gasteiger partial charge in [-0.05, 0) is 32.3 Å². The highest BCUT2D eigenvalue weighted by Gasteiger charge is 2.30. The lowest BCUT2D eigenvalue weighted by atomic mass is 10.0. The van der Waals surface area contributed by atoms with Crippen molar-refractivity contribution in [2.45, 2.75) is 26.3 Å². The monoisotopic (exact) mass is 236 g/mol. The zero-order chi connectivity index (χ0) is 12.6. The molecule has 2 unspecified atom stereocenters. The number of hydrogen-bond acceptors (Lipinski definition) is 3. The molecule has 0 aromatic carbocycles. The molecule has 2 heterocycles. The first kappa shape index (κ1) is 12.1. The Bertz CT molecular complexity index is 424. The number of carbonyl (C=O) groups is 1. The van der Waals surface area contributed by atoms with Crippen LogP contribution in [0.4, 0.5) is 0 Å². The zero-order valence-corrected chi connectivity index (χ0v) is 10.7. The predicted molar refractivity (Wildman–Crippen MR) is 65.6 cm³/mol. The van der Waals surface area contributed by atoms with E-state index in [4.69, 9.17) is 5.73 Å². The van der Waals surface area contributed by atoms with Crippen molar-refractivity contribution in [3.8, 4) is 0 Å². The van der Waals surface area contributed by atoms with E-state index in [0.717, 1.165) is 25.2 Å². The third-order valence-electron chi connectivity index (χ3n) is 3.48. The molecule has 0 saturated carbocycles. The smallest absolute Gasteiger partial charge is 0.272 e. The fourth-order valence-electron chi connectivity index (χ4n) is 2.37. The predicted octanol–water partition coefficient (Wildman–Crippen LogP) is 0.538. The number of rotatable bonds is 2. The molecule has 1 amide bonds. The topological polar surface area (TPSA) is 64.2 Å². The lowest BCUT2D eigenvalue weighted by Gasteiger charge is -2.17. The molecule has 0 radical (unpaired) electrons. The van der Waals surface area contributed by atoms with Crippen LogP contribution < -0.4 is 5.73 Å². The van der Waals surface area contributed by atoms with Crippen molar-refractivity contribution in [3.05, 3.63) is 17.5 Å². The van der Waals surface area contributed by atoms with E-state index in [1.807, 2.05) is 24.8 Å². The molecular weight excluding hydrogens is 216 g/mol. The van der Waals surface area contributed by atoms with Crippen molar-refractivity contribution < 1.29 is 4.79 Å². The fraction of sp³-hybridized carbons (Fsp3) is 0.667. The lowest BCUT2D eigenvalue weighted by molar-refractivity contribution is 0.0775. The normalized spacial score (nSPS) is 21.9. The summed E-state index contributed by atoms with van der Waals surface area (Å²) >= 11 is 0.